The van der Waals surface area contributed by atoms with E-state index in [0.29, 0.717) is 6.04 Å². The van der Waals surface area contributed by atoms with Gasteiger partial charge >= 0.3 is 0 Å². The van der Waals surface area contributed by atoms with Gasteiger partial charge in [-0.05, 0) is 39.3 Å². The number of ether oxygens (including phenoxy) is 1. The molecule has 1 saturated heterocycles. The second kappa shape index (κ2) is 7.74. The molecule has 3 atom stereocenters. The van der Waals surface area contributed by atoms with Crippen molar-refractivity contribution in [2.45, 2.75) is 57.6 Å². The number of likely N-dealkylation sites (N-methyl/N-ethyl adjacent to an activating group) is 1. The average Bonchev–Trinajstić information content (AvgIpc) is 2.88. The highest BCUT2D eigenvalue weighted by atomic mass is 16.5. The number of nitrogens with one attached hydrogen (secondary N) is 1. The molecular formula is C16H32N2O2. The zero-order valence-electron chi connectivity index (χ0n) is 13.2. The molecule has 20 heavy (non-hydrogen) atoms. The number of hydrogen-bond donors (Lipinski definition) is 2. The molecule has 0 bridgehead atoms. The Morgan fingerprint density at radius 1 is 1.35 bits per heavy atom. The Bertz CT molecular complexity index is 280. The van der Waals surface area contributed by atoms with Crippen LogP contribution in [-0.2, 0) is 4.74 Å². The summed E-state index contributed by atoms with van der Waals surface area (Å²) in [5, 5.41) is 13.8. The molecule has 2 rings (SSSR count). The minimum Gasteiger partial charge on any atom is -0.391 e. The second-order valence-electron chi connectivity index (χ2n) is 6.81. The Morgan fingerprint density at radius 3 is 2.80 bits per heavy atom. The number of hydrogen-bond acceptors (Lipinski definition) is 4. The van der Waals surface area contributed by atoms with E-state index < -0.39 is 0 Å². The van der Waals surface area contributed by atoms with E-state index in [1.165, 1.54) is 19.3 Å². The molecule has 2 fully saturated rings. The largest absolute Gasteiger partial charge is 0.391 e. The van der Waals surface area contributed by atoms with E-state index in [4.69, 9.17) is 4.74 Å². The van der Waals surface area contributed by atoms with E-state index in [0.717, 1.165) is 52.1 Å². The van der Waals surface area contributed by atoms with Crippen LogP contribution in [0.5, 0.6) is 0 Å². The van der Waals surface area contributed by atoms with Crippen LogP contribution in [0.2, 0.25) is 0 Å². The van der Waals surface area contributed by atoms with Crippen molar-refractivity contribution in [2.75, 3.05) is 39.9 Å². The van der Waals surface area contributed by atoms with Crippen LogP contribution in [0.25, 0.3) is 0 Å². The van der Waals surface area contributed by atoms with Crippen molar-refractivity contribution >= 4 is 0 Å². The fourth-order valence-corrected chi connectivity index (χ4v) is 3.75. The molecule has 4 heteroatoms. The van der Waals surface area contributed by atoms with Gasteiger partial charge in [-0.25, -0.2) is 0 Å². The summed E-state index contributed by atoms with van der Waals surface area (Å²) in [6, 6.07) is 0.340. The standard InChI is InChI=1S/C16H32N2O2/c1-3-9-17-11-16(8-10-20-13-16)12-18(2)14-6-4-5-7-15(14)19/h14-15,17,19H,3-13H2,1-2H3. The molecule has 3 unspecified atom stereocenters. The van der Waals surface area contributed by atoms with Crippen molar-refractivity contribution in [3.63, 3.8) is 0 Å². The number of aliphatic hydroxyl groups excluding tert-OH is 1. The van der Waals surface area contributed by atoms with Gasteiger partial charge in [-0.15, -0.1) is 0 Å². The monoisotopic (exact) mass is 284 g/mol. The maximum absolute atomic E-state index is 10.2. The Morgan fingerprint density at radius 2 is 2.15 bits per heavy atom. The van der Waals surface area contributed by atoms with Crippen LogP contribution in [0.4, 0.5) is 0 Å². The first-order chi connectivity index (χ1) is 9.67. The summed E-state index contributed by atoms with van der Waals surface area (Å²) < 4.78 is 5.68. The molecule has 2 N–H and O–H groups in total. The molecular weight excluding hydrogens is 252 g/mol. The molecule has 0 aromatic heterocycles. The lowest BCUT2D eigenvalue weighted by atomic mass is 9.84. The minimum atomic E-state index is -0.142. The molecule has 0 amide bonds. The fourth-order valence-electron chi connectivity index (χ4n) is 3.75. The summed E-state index contributed by atoms with van der Waals surface area (Å²) in [7, 11) is 2.18. The number of nitrogens with zero attached hydrogens (tertiary/aromatic N) is 1. The molecule has 0 spiro atoms. The predicted octanol–water partition coefficient (Wildman–Crippen LogP) is 1.63. The highest BCUT2D eigenvalue weighted by Gasteiger charge is 2.38. The Hall–Kier alpha value is -0.160. The second-order valence-corrected chi connectivity index (χ2v) is 6.81. The molecule has 1 heterocycles. The number of rotatable bonds is 7. The first-order valence-corrected chi connectivity index (χ1v) is 8.34. The Balaban J connectivity index is 1.89. The molecule has 1 aliphatic heterocycles. The summed E-state index contributed by atoms with van der Waals surface area (Å²) in [5.41, 5.74) is 0.237. The molecule has 0 radical (unpaired) electrons. The average molecular weight is 284 g/mol. The molecule has 0 aromatic rings. The van der Waals surface area contributed by atoms with Crippen LogP contribution in [0.1, 0.15) is 45.4 Å². The molecule has 4 nitrogen and oxygen atoms in total. The zero-order valence-corrected chi connectivity index (χ0v) is 13.2. The van der Waals surface area contributed by atoms with E-state index in [-0.39, 0.29) is 11.5 Å². The van der Waals surface area contributed by atoms with E-state index in [9.17, 15) is 5.11 Å². The molecule has 0 aromatic carbocycles. The summed E-state index contributed by atoms with van der Waals surface area (Å²) in [6.45, 7) is 7.10. The third-order valence-corrected chi connectivity index (χ3v) is 4.96. The van der Waals surface area contributed by atoms with Crippen LogP contribution >= 0.6 is 0 Å². The highest BCUT2D eigenvalue weighted by molar-refractivity contribution is 4.91. The molecule has 1 aliphatic carbocycles. The SMILES string of the molecule is CCCNCC1(CN(C)C2CCCCC2O)CCOC1. The van der Waals surface area contributed by atoms with Crippen molar-refractivity contribution < 1.29 is 9.84 Å². The molecule has 118 valence electrons. The third-order valence-electron chi connectivity index (χ3n) is 4.96. The van der Waals surface area contributed by atoms with Crippen LogP contribution in [0.3, 0.4) is 0 Å². The summed E-state index contributed by atoms with van der Waals surface area (Å²) in [6.07, 6.45) is 6.70. The van der Waals surface area contributed by atoms with Crippen molar-refractivity contribution in [1.82, 2.24) is 10.2 Å². The topological polar surface area (TPSA) is 44.7 Å². The lowest BCUT2D eigenvalue weighted by Gasteiger charge is -2.40. The summed E-state index contributed by atoms with van der Waals surface area (Å²) in [5.74, 6) is 0. The lowest BCUT2D eigenvalue weighted by molar-refractivity contribution is 0.00958. The maximum atomic E-state index is 10.2. The van der Waals surface area contributed by atoms with E-state index in [2.05, 4.69) is 24.2 Å². The van der Waals surface area contributed by atoms with Crippen LogP contribution in [0.15, 0.2) is 0 Å². The van der Waals surface area contributed by atoms with E-state index in [1.807, 2.05) is 0 Å². The van der Waals surface area contributed by atoms with Gasteiger partial charge in [0.15, 0.2) is 0 Å². The van der Waals surface area contributed by atoms with Gasteiger partial charge in [0.25, 0.3) is 0 Å². The fraction of sp³-hybridized carbons (Fsp3) is 1.00. The number of aliphatic hydroxyl groups is 1. The Kier molecular flexibility index (Phi) is 6.27. The van der Waals surface area contributed by atoms with Gasteiger partial charge in [0, 0.05) is 31.2 Å². The zero-order chi connectivity index (χ0) is 14.4. The van der Waals surface area contributed by atoms with E-state index in [1.54, 1.807) is 0 Å². The first-order valence-electron chi connectivity index (χ1n) is 8.34. The van der Waals surface area contributed by atoms with Crippen LogP contribution in [0, 0.1) is 5.41 Å². The van der Waals surface area contributed by atoms with Gasteiger partial charge in [0.05, 0.1) is 12.7 Å². The van der Waals surface area contributed by atoms with Gasteiger partial charge < -0.3 is 20.1 Å². The van der Waals surface area contributed by atoms with Crippen LogP contribution in [-0.4, -0.2) is 62.0 Å². The van der Waals surface area contributed by atoms with Gasteiger partial charge in [-0.3, -0.25) is 0 Å². The molecule has 2 aliphatic rings. The van der Waals surface area contributed by atoms with Crippen molar-refractivity contribution in [1.29, 1.82) is 0 Å². The first kappa shape index (κ1) is 16.2. The summed E-state index contributed by atoms with van der Waals surface area (Å²) in [4.78, 5) is 2.39. The van der Waals surface area contributed by atoms with Gasteiger partial charge in [0.1, 0.15) is 0 Å². The van der Waals surface area contributed by atoms with Crippen molar-refractivity contribution in [2.24, 2.45) is 5.41 Å². The van der Waals surface area contributed by atoms with Gasteiger partial charge in [-0.2, -0.15) is 0 Å². The third kappa shape index (κ3) is 4.17. The normalized spacial score (nSPS) is 34.8. The molecule has 1 saturated carbocycles. The smallest absolute Gasteiger partial charge is 0.0695 e. The lowest BCUT2D eigenvalue weighted by Crippen LogP contribution is -2.50. The summed E-state index contributed by atoms with van der Waals surface area (Å²) >= 11 is 0. The predicted molar refractivity (Wildman–Crippen MR) is 81.9 cm³/mol. The van der Waals surface area contributed by atoms with E-state index >= 15 is 0 Å². The Labute approximate surface area is 123 Å². The quantitative estimate of drug-likeness (QED) is 0.698. The minimum absolute atomic E-state index is 0.142. The van der Waals surface area contributed by atoms with Gasteiger partial charge in [-0.1, -0.05) is 19.8 Å². The van der Waals surface area contributed by atoms with Crippen molar-refractivity contribution in [3.8, 4) is 0 Å². The van der Waals surface area contributed by atoms with Gasteiger partial charge in [0.2, 0.25) is 0 Å². The maximum Gasteiger partial charge on any atom is 0.0695 e. The van der Waals surface area contributed by atoms with Crippen LogP contribution < -0.4 is 5.32 Å². The van der Waals surface area contributed by atoms with Crippen molar-refractivity contribution in [3.05, 3.63) is 0 Å². The highest BCUT2D eigenvalue weighted by Crippen LogP contribution is 2.31.